The van der Waals surface area contributed by atoms with E-state index in [4.69, 9.17) is 4.74 Å². The monoisotopic (exact) mass is 373 g/mol. The highest BCUT2D eigenvalue weighted by atomic mass is 32.2. The van der Waals surface area contributed by atoms with Gasteiger partial charge in [0.2, 0.25) is 0 Å². The number of hydrogen-bond donors (Lipinski definition) is 0. The first-order valence-electron chi connectivity index (χ1n) is 9.35. The quantitative estimate of drug-likeness (QED) is 0.722. The third kappa shape index (κ3) is 3.45. The molecule has 26 heavy (non-hydrogen) atoms. The van der Waals surface area contributed by atoms with Crippen molar-refractivity contribution in [3.63, 3.8) is 0 Å². The van der Waals surface area contributed by atoms with Crippen LogP contribution in [-0.2, 0) is 10.0 Å². The topological polar surface area (TPSA) is 46.6 Å². The fraction of sp³-hybridized carbons (Fsp3) is 0.429. The normalized spacial score (nSPS) is 19.7. The van der Waals surface area contributed by atoms with Crippen LogP contribution in [0, 0.1) is 6.92 Å². The molecule has 0 N–H and O–H groups in total. The zero-order valence-corrected chi connectivity index (χ0v) is 16.5. The van der Waals surface area contributed by atoms with Crippen LogP contribution in [0.2, 0.25) is 0 Å². The lowest BCUT2D eigenvalue weighted by Crippen LogP contribution is -2.52. The van der Waals surface area contributed by atoms with Crippen molar-refractivity contribution in [3.8, 4) is 5.75 Å². The molecule has 0 saturated heterocycles. The van der Waals surface area contributed by atoms with E-state index >= 15 is 0 Å². The molecule has 0 radical (unpaired) electrons. The predicted octanol–water partition coefficient (Wildman–Crippen LogP) is 4.92. The van der Waals surface area contributed by atoms with Gasteiger partial charge in [-0.25, -0.2) is 8.42 Å². The molecule has 3 rings (SSSR count). The second kappa shape index (κ2) is 7.70. The van der Waals surface area contributed by atoms with E-state index in [1.165, 1.54) is 0 Å². The Morgan fingerprint density at radius 1 is 0.962 bits per heavy atom. The van der Waals surface area contributed by atoms with E-state index in [0.717, 1.165) is 31.2 Å². The second-order valence-corrected chi connectivity index (χ2v) is 8.70. The van der Waals surface area contributed by atoms with E-state index in [2.05, 4.69) is 13.8 Å². The standard InChI is InChI=1S/C21H27NO3S/c1-4-8-18-20(9-5-2)25-21-11-7-6-10-19(21)22(18)26(23,24)17-14-12-16(3)13-15-17/h6-7,10-15,18,20H,4-5,8-9H2,1-3H3. The number of sulfonamides is 1. The van der Waals surface area contributed by atoms with Crippen LogP contribution in [-0.4, -0.2) is 20.6 Å². The summed E-state index contributed by atoms with van der Waals surface area (Å²) in [6.45, 7) is 6.14. The average molecular weight is 374 g/mol. The Morgan fingerprint density at radius 2 is 1.62 bits per heavy atom. The van der Waals surface area contributed by atoms with Crippen LogP contribution in [0.4, 0.5) is 5.69 Å². The van der Waals surface area contributed by atoms with Crippen molar-refractivity contribution in [1.29, 1.82) is 0 Å². The SMILES string of the molecule is CCCC1Oc2ccccc2N(S(=O)(=O)c2ccc(C)cc2)C1CCC. The smallest absolute Gasteiger partial charge is 0.264 e. The zero-order chi connectivity index (χ0) is 18.7. The highest BCUT2D eigenvalue weighted by Gasteiger charge is 2.41. The molecule has 1 aliphatic heterocycles. The number of hydrogen-bond acceptors (Lipinski definition) is 3. The largest absolute Gasteiger partial charge is 0.486 e. The Hall–Kier alpha value is -2.01. The fourth-order valence-electron chi connectivity index (χ4n) is 3.58. The molecule has 0 fully saturated rings. The molecule has 4 nitrogen and oxygen atoms in total. The van der Waals surface area contributed by atoms with Crippen LogP contribution in [0.1, 0.15) is 45.1 Å². The van der Waals surface area contributed by atoms with Crippen molar-refractivity contribution >= 4 is 15.7 Å². The average Bonchev–Trinajstić information content (AvgIpc) is 2.62. The van der Waals surface area contributed by atoms with Gasteiger partial charge in [-0.15, -0.1) is 0 Å². The van der Waals surface area contributed by atoms with Crippen LogP contribution in [0.5, 0.6) is 5.75 Å². The molecule has 1 aliphatic rings. The number of aryl methyl sites for hydroxylation is 1. The van der Waals surface area contributed by atoms with Crippen molar-refractivity contribution in [1.82, 2.24) is 0 Å². The van der Waals surface area contributed by atoms with Crippen molar-refractivity contribution < 1.29 is 13.2 Å². The Balaban J connectivity index is 2.14. The molecule has 2 unspecified atom stereocenters. The van der Waals surface area contributed by atoms with E-state index in [-0.39, 0.29) is 12.1 Å². The summed E-state index contributed by atoms with van der Waals surface area (Å²) in [5.41, 5.74) is 1.68. The van der Waals surface area contributed by atoms with Crippen LogP contribution < -0.4 is 9.04 Å². The number of nitrogens with zero attached hydrogens (tertiary/aromatic N) is 1. The summed E-state index contributed by atoms with van der Waals surface area (Å²) in [7, 11) is -3.66. The summed E-state index contributed by atoms with van der Waals surface area (Å²) < 4.78 is 35.0. The third-order valence-corrected chi connectivity index (χ3v) is 6.70. The molecule has 0 spiro atoms. The fourth-order valence-corrected chi connectivity index (χ4v) is 5.29. The predicted molar refractivity (Wildman–Crippen MR) is 105 cm³/mol. The van der Waals surface area contributed by atoms with Gasteiger partial charge in [0.05, 0.1) is 16.6 Å². The number of fused-ring (bicyclic) bond motifs is 1. The Bertz CT molecular complexity index is 846. The van der Waals surface area contributed by atoms with Crippen molar-refractivity contribution in [2.24, 2.45) is 0 Å². The zero-order valence-electron chi connectivity index (χ0n) is 15.7. The molecule has 0 amide bonds. The first kappa shape index (κ1) is 18.8. The molecule has 140 valence electrons. The van der Waals surface area contributed by atoms with Gasteiger partial charge in [-0.1, -0.05) is 56.5 Å². The molecule has 0 saturated carbocycles. The van der Waals surface area contributed by atoms with Gasteiger partial charge in [0.1, 0.15) is 11.9 Å². The lowest BCUT2D eigenvalue weighted by molar-refractivity contribution is 0.144. The molecule has 0 bridgehead atoms. The van der Waals surface area contributed by atoms with Crippen LogP contribution in [0.3, 0.4) is 0 Å². The van der Waals surface area contributed by atoms with Gasteiger partial charge in [-0.3, -0.25) is 4.31 Å². The van der Waals surface area contributed by atoms with Gasteiger partial charge in [0.25, 0.3) is 10.0 Å². The second-order valence-electron chi connectivity index (χ2n) is 6.88. The first-order chi connectivity index (χ1) is 12.5. The van der Waals surface area contributed by atoms with Crippen molar-refractivity contribution in [2.45, 2.75) is 63.5 Å². The third-order valence-electron chi connectivity index (χ3n) is 4.85. The number of anilines is 1. The van der Waals surface area contributed by atoms with E-state index < -0.39 is 10.0 Å². The summed E-state index contributed by atoms with van der Waals surface area (Å²) in [4.78, 5) is 0.330. The maximum atomic E-state index is 13.6. The number of ether oxygens (including phenoxy) is 1. The van der Waals surface area contributed by atoms with Gasteiger partial charge in [0, 0.05) is 0 Å². The minimum atomic E-state index is -3.66. The number of benzene rings is 2. The molecular weight excluding hydrogens is 346 g/mol. The minimum Gasteiger partial charge on any atom is -0.486 e. The number of rotatable bonds is 6. The summed E-state index contributed by atoms with van der Waals surface area (Å²) in [5, 5.41) is 0. The van der Waals surface area contributed by atoms with Gasteiger partial charge >= 0.3 is 0 Å². The van der Waals surface area contributed by atoms with Crippen molar-refractivity contribution in [2.75, 3.05) is 4.31 Å². The molecule has 5 heteroatoms. The van der Waals surface area contributed by atoms with E-state index in [1.807, 2.05) is 43.3 Å². The highest BCUT2D eigenvalue weighted by Crippen LogP contribution is 2.41. The maximum Gasteiger partial charge on any atom is 0.264 e. The van der Waals surface area contributed by atoms with E-state index in [9.17, 15) is 8.42 Å². The first-order valence-corrected chi connectivity index (χ1v) is 10.8. The molecule has 0 aromatic heterocycles. The molecular formula is C21H27NO3S. The van der Waals surface area contributed by atoms with Gasteiger partial charge < -0.3 is 4.74 Å². The van der Waals surface area contributed by atoms with Crippen LogP contribution >= 0.6 is 0 Å². The molecule has 2 aromatic carbocycles. The summed E-state index contributed by atoms with van der Waals surface area (Å²) in [6.07, 6.45) is 3.32. The maximum absolute atomic E-state index is 13.6. The Morgan fingerprint density at radius 3 is 2.27 bits per heavy atom. The van der Waals surface area contributed by atoms with E-state index in [0.29, 0.717) is 16.3 Å². The molecule has 2 atom stereocenters. The number of para-hydroxylation sites is 2. The lowest BCUT2D eigenvalue weighted by atomic mass is 9.99. The van der Waals surface area contributed by atoms with Gasteiger partial charge in [-0.05, 0) is 44.0 Å². The molecule has 0 aliphatic carbocycles. The molecule has 2 aromatic rings. The van der Waals surface area contributed by atoms with Crippen molar-refractivity contribution in [3.05, 3.63) is 54.1 Å². The summed E-state index contributed by atoms with van der Waals surface area (Å²) >= 11 is 0. The van der Waals surface area contributed by atoms with Crippen LogP contribution in [0.15, 0.2) is 53.4 Å². The molecule has 1 heterocycles. The summed E-state index contributed by atoms with van der Waals surface area (Å²) in [5.74, 6) is 0.647. The lowest BCUT2D eigenvalue weighted by Gasteiger charge is -2.42. The Labute approximate surface area is 156 Å². The summed E-state index contributed by atoms with van der Waals surface area (Å²) in [6, 6.07) is 14.3. The van der Waals surface area contributed by atoms with E-state index in [1.54, 1.807) is 16.4 Å². The van der Waals surface area contributed by atoms with Gasteiger partial charge in [0.15, 0.2) is 0 Å². The minimum absolute atomic E-state index is 0.130. The highest BCUT2D eigenvalue weighted by molar-refractivity contribution is 7.92. The Kier molecular flexibility index (Phi) is 5.56. The van der Waals surface area contributed by atoms with Gasteiger partial charge in [-0.2, -0.15) is 0 Å². The van der Waals surface area contributed by atoms with Crippen LogP contribution in [0.25, 0.3) is 0 Å².